The molecule has 26 nitrogen and oxygen atoms in total. The third-order valence-corrected chi connectivity index (χ3v) is 21.6. The number of aliphatic hydroxyl groups excluding tert-OH is 1. The lowest BCUT2D eigenvalue weighted by atomic mass is 9.58. The van der Waals surface area contributed by atoms with Crippen LogP contribution in [0.4, 0.5) is 0 Å². The highest BCUT2D eigenvalue weighted by Crippen LogP contribution is 2.60. The maximum absolute atomic E-state index is 14.6. The van der Waals surface area contributed by atoms with Crippen molar-refractivity contribution >= 4 is 51.1 Å². The van der Waals surface area contributed by atoms with Gasteiger partial charge in [-0.1, -0.05) is 62.3 Å². The van der Waals surface area contributed by atoms with Crippen LogP contribution in [-0.4, -0.2) is 208 Å². The predicted octanol–water partition coefficient (Wildman–Crippen LogP) is 2.46. The van der Waals surface area contributed by atoms with Gasteiger partial charge in [0.05, 0.1) is 105 Å². The Labute approximate surface area is 566 Å². The van der Waals surface area contributed by atoms with E-state index in [4.69, 9.17) is 37.9 Å². The molecule has 9 fully saturated rings. The first kappa shape index (κ1) is 71.7. The molecule has 8 saturated heterocycles. The Hall–Kier alpha value is -6.58. The van der Waals surface area contributed by atoms with Crippen molar-refractivity contribution in [3.8, 4) is 11.8 Å². The van der Waals surface area contributed by atoms with Gasteiger partial charge < -0.3 is 74.9 Å². The largest absolute Gasteiger partial charge is 0.391 e. The zero-order valence-electron chi connectivity index (χ0n) is 55.6. The van der Waals surface area contributed by atoms with Crippen molar-refractivity contribution in [2.75, 3.05) is 46.1 Å². The van der Waals surface area contributed by atoms with E-state index in [0.29, 0.717) is 42.7 Å². The van der Waals surface area contributed by atoms with Crippen molar-refractivity contribution in [3.63, 3.8) is 0 Å². The van der Waals surface area contributed by atoms with Gasteiger partial charge in [0.15, 0.2) is 5.79 Å². The summed E-state index contributed by atoms with van der Waals surface area (Å²) >= 11 is 0. The molecule has 97 heavy (non-hydrogen) atoms. The molecule has 1 aromatic carbocycles. The fourth-order valence-electron chi connectivity index (χ4n) is 15.7. The van der Waals surface area contributed by atoms with E-state index in [9.17, 15) is 47.1 Å². The monoisotopic (exact) mass is 1370 g/mol. The number of fused-ring (bicyclic) bond motifs is 7. The summed E-state index contributed by atoms with van der Waals surface area (Å²) in [6.45, 7) is 9.43. The Morgan fingerprint density at radius 1 is 0.722 bits per heavy atom. The lowest BCUT2D eigenvalue weighted by molar-refractivity contribution is -0.459. The molecule has 1 aliphatic carbocycles. The van der Waals surface area contributed by atoms with E-state index in [1.807, 2.05) is 0 Å². The van der Waals surface area contributed by atoms with Crippen LogP contribution in [0.1, 0.15) is 134 Å². The number of ketones is 1. The zero-order valence-corrected chi connectivity index (χ0v) is 56.4. The second kappa shape index (κ2) is 32.2. The van der Waals surface area contributed by atoms with Crippen LogP contribution in [0.2, 0.25) is 0 Å². The summed E-state index contributed by atoms with van der Waals surface area (Å²) in [5.74, 6) is 1.55. The van der Waals surface area contributed by atoms with Crippen LogP contribution >= 0.6 is 0 Å². The molecule has 2 aromatic rings. The van der Waals surface area contributed by atoms with Gasteiger partial charge in [0.2, 0.25) is 50.4 Å². The number of ether oxygens (including phenoxy) is 8. The molecule has 9 aliphatic rings. The maximum Gasteiger partial charge on any atom is 0.246 e. The van der Waals surface area contributed by atoms with E-state index in [-0.39, 0.29) is 141 Å². The second-order valence-electron chi connectivity index (χ2n) is 27.8. The highest BCUT2D eigenvalue weighted by atomic mass is 32.2. The second-order valence-corrected chi connectivity index (χ2v) is 29.7. The minimum atomic E-state index is -3.53. The molecule has 2 unspecified atom stereocenters. The number of Topliss-reactive ketones (excluding diaryl/α,β-unsaturated/α-hetero) is 1. The minimum absolute atomic E-state index is 0.00668. The van der Waals surface area contributed by atoms with Crippen LogP contribution in [0.15, 0.2) is 72.2 Å². The van der Waals surface area contributed by atoms with Crippen LogP contribution in [0.25, 0.3) is 0 Å². The van der Waals surface area contributed by atoms with E-state index in [1.165, 1.54) is 12.4 Å². The first-order valence-electron chi connectivity index (χ1n) is 34.5. The number of carbonyl (C=O) groups excluding carboxylic acids is 7. The first-order valence-corrected chi connectivity index (χ1v) is 36.4. The molecule has 7 N–H and O–H groups in total. The van der Waals surface area contributed by atoms with Gasteiger partial charge in [-0.25, -0.2) is 18.4 Å². The molecular formula is C70H94N8O18S. The lowest BCUT2D eigenvalue weighted by Gasteiger charge is -2.68. The molecule has 0 radical (unpaired) electrons. The number of hydrogen-bond acceptors (Lipinski definition) is 20. The molecule has 1 spiro atoms. The minimum Gasteiger partial charge on any atom is -0.391 e. The van der Waals surface area contributed by atoms with Crippen LogP contribution in [0.5, 0.6) is 0 Å². The number of methoxy groups -OCH3 is 1. The number of nitrogens with one attached hydrogen (secondary N) is 6. The fourth-order valence-corrected chi connectivity index (χ4v) is 16.2. The molecule has 20 atom stereocenters. The number of nitrogens with zero attached hydrogens (tertiary/aromatic N) is 2. The molecule has 11 rings (SSSR count). The van der Waals surface area contributed by atoms with E-state index in [2.05, 4.69) is 73.8 Å². The Bertz CT molecular complexity index is 3390. The predicted molar refractivity (Wildman–Crippen MR) is 348 cm³/mol. The first-order chi connectivity index (χ1) is 46.6. The number of unbranched alkanes of at least 4 members (excludes halogenated alkanes) is 1. The van der Waals surface area contributed by atoms with Crippen LogP contribution < -0.4 is 31.9 Å². The van der Waals surface area contributed by atoms with E-state index >= 15 is 0 Å². The van der Waals surface area contributed by atoms with Crippen molar-refractivity contribution < 1.29 is 85.0 Å². The molecule has 8 aliphatic heterocycles. The normalized spacial score (nSPS) is 33.4. The number of hydrogen-bond donors (Lipinski definition) is 7. The number of sulfone groups is 1. The summed E-state index contributed by atoms with van der Waals surface area (Å²) in [6, 6.07) is 7.69. The van der Waals surface area contributed by atoms with Gasteiger partial charge in [0, 0.05) is 121 Å². The molecular weight excluding hydrogens is 1270 g/mol. The van der Waals surface area contributed by atoms with Crippen LogP contribution in [-0.2, 0) is 87.7 Å². The van der Waals surface area contributed by atoms with E-state index < -0.39 is 101 Å². The summed E-state index contributed by atoms with van der Waals surface area (Å²) < 4.78 is 77.5. The number of benzene rings is 1. The van der Waals surface area contributed by atoms with Crippen molar-refractivity contribution in [2.24, 2.45) is 23.7 Å². The van der Waals surface area contributed by atoms with Gasteiger partial charge in [0.25, 0.3) is 0 Å². The van der Waals surface area contributed by atoms with Gasteiger partial charge in [0.1, 0.15) is 17.9 Å². The lowest BCUT2D eigenvalue weighted by Crippen LogP contribution is -2.78. The summed E-state index contributed by atoms with van der Waals surface area (Å²) in [7, 11) is -1.96. The number of amides is 6. The number of rotatable bonds is 22. The summed E-state index contributed by atoms with van der Waals surface area (Å²) in [5, 5.41) is 26.7. The molecule has 9 bridgehead atoms. The van der Waals surface area contributed by atoms with Gasteiger partial charge in [-0.05, 0) is 80.4 Å². The maximum atomic E-state index is 14.6. The Morgan fingerprint density at radius 2 is 1.42 bits per heavy atom. The number of aliphatic hydroxyl groups is 1. The Morgan fingerprint density at radius 3 is 2.21 bits per heavy atom. The topological polar surface area (TPSA) is 346 Å². The van der Waals surface area contributed by atoms with E-state index in [0.717, 1.165) is 75.2 Å². The average Bonchev–Trinajstić information content (AvgIpc) is 1.13. The molecule has 528 valence electrons. The number of carbonyl (C=O) groups is 7. The number of aromatic nitrogens is 2. The Kier molecular flexibility index (Phi) is 23.8. The Balaban J connectivity index is 0.641. The highest BCUT2D eigenvalue weighted by molar-refractivity contribution is 7.90. The highest BCUT2D eigenvalue weighted by Gasteiger charge is 2.70. The van der Waals surface area contributed by atoms with Crippen LogP contribution in [0, 0.1) is 35.5 Å². The van der Waals surface area contributed by atoms with Gasteiger partial charge >= 0.3 is 0 Å². The quantitative estimate of drug-likeness (QED) is 0.0385. The third kappa shape index (κ3) is 18.3. The molecule has 1 saturated carbocycles. The van der Waals surface area contributed by atoms with Crippen molar-refractivity contribution in [1.29, 1.82) is 0 Å². The van der Waals surface area contributed by atoms with E-state index in [1.54, 1.807) is 37.4 Å². The molecule has 27 heteroatoms. The SMILES string of the molecule is C=C1C[C@@H]2CC[C@@]34CC[C@H]5C6O[C@H]7CC[C@H](CC(=O)C[C@@H]8[C@@H](OC)[C@@H](C[C@H](O)CNC(=O)CNC(=O)[C@H](Cc9ccccc9)NC(=O)CNC(=O)CNC(=O)CCNC(=O)CCCC#Cc9cnc(S(C)(=O)=O)nc9)O[C@H]8C[C@H]8O[C@@H](CC[C@@H]1O2)C[C@@H](C)C8=C)O[C@@H]7[C@H](O3)[C@@H]6C5O4. The molecule has 6 amide bonds. The summed E-state index contributed by atoms with van der Waals surface area (Å²) in [6.07, 6.45) is 8.66. The van der Waals surface area contributed by atoms with Crippen molar-refractivity contribution in [3.05, 3.63) is 78.2 Å². The fraction of sp³-hybridized carbons (Fsp3) is 0.671. The van der Waals surface area contributed by atoms with Crippen molar-refractivity contribution in [2.45, 2.75) is 231 Å². The smallest absolute Gasteiger partial charge is 0.246 e. The van der Waals surface area contributed by atoms with Crippen LogP contribution in [0.3, 0.4) is 0 Å². The zero-order chi connectivity index (χ0) is 68.5. The van der Waals surface area contributed by atoms with Gasteiger partial charge in [-0.15, -0.1) is 0 Å². The standard InChI is InChI=1S/C70H94N8O18S/c1-39-26-46-16-18-52-40(2)27-48(90-52)20-23-70-24-21-49-64-62(65(49)95-70)67(96-70)66-53(94-64)19-17-47(92-66)29-44(79)30-50-55(32-54(91-46)41(39)3)93-56(63(50)89-4)31-45(80)35-72-60(84)37-75-68(86)51(28-42-12-8-6-9-13-42)78-61(85)38-74-59(83)36-73-58(82)22-25-71-57(81)15-11-7-10-14-43-33-76-69(77-34-43)97(5,87)88/h6,8-9,12-13,33-34,39,45-56,62-67,80H,2-3,7,11,15-32,35-38H2,1,4-5H3,(H,71,81)(H,72,84)(H,73,82)(H,74,83)(H,75,86)(H,78,85)/t39-,45+,46+,47-,48+,49+,50+,51+,52+,53+,54-,55+,56-,62+,63-,64?,65?,66+,67-,70+/m1/s1. The average molecular weight is 1370 g/mol. The summed E-state index contributed by atoms with van der Waals surface area (Å²) in [5.41, 5.74) is 3.17. The van der Waals surface area contributed by atoms with Crippen molar-refractivity contribution in [1.82, 2.24) is 41.9 Å². The van der Waals surface area contributed by atoms with Gasteiger partial charge in [-0.3, -0.25) is 33.6 Å². The summed E-state index contributed by atoms with van der Waals surface area (Å²) in [4.78, 5) is 99.8. The molecule has 1 aromatic heterocycles. The third-order valence-electron chi connectivity index (χ3n) is 20.7. The molecule has 9 heterocycles. The van der Waals surface area contributed by atoms with Gasteiger partial charge in [-0.2, -0.15) is 0 Å².